The first-order valence-corrected chi connectivity index (χ1v) is 4.61. The first-order valence-electron chi connectivity index (χ1n) is 4.61. The maximum absolute atomic E-state index is 5.60. The highest BCUT2D eigenvalue weighted by molar-refractivity contribution is 5.89. The van der Waals surface area contributed by atoms with Crippen molar-refractivity contribution in [1.29, 1.82) is 0 Å². The number of nitrogens with zero attached hydrogens (tertiary/aromatic N) is 3. The van der Waals surface area contributed by atoms with Crippen LogP contribution in [0.2, 0.25) is 0 Å². The van der Waals surface area contributed by atoms with E-state index in [-0.39, 0.29) is 0 Å². The summed E-state index contributed by atoms with van der Waals surface area (Å²) in [5, 5.41) is 1.99. The molecule has 3 aromatic rings. The number of hydrogen-bond acceptors (Lipinski definition) is 4. The second-order valence-corrected chi connectivity index (χ2v) is 3.32. The molecule has 0 amide bonds. The maximum atomic E-state index is 5.60. The monoisotopic (exact) mass is 196 g/mol. The summed E-state index contributed by atoms with van der Waals surface area (Å²) in [6, 6.07) is 9.56. The van der Waals surface area contributed by atoms with E-state index in [0.717, 1.165) is 10.8 Å². The van der Waals surface area contributed by atoms with Crippen molar-refractivity contribution < 1.29 is 0 Å². The Morgan fingerprint density at radius 1 is 0.933 bits per heavy atom. The lowest BCUT2D eigenvalue weighted by Crippen LogP contribution is -1.92. The molecular formula is C11H8N4. The lowest BCUT2D eigenvalue weighted by molar-refractivity contribution is 1.27. The Morgan fingerprint density at radius 3 is 2.73 bits per heavy atom. The van der Waals surface area contributed by atoms with Crippen molar-refractivity contribution in [1.82, 2.24) is 15.0 Å². The lowest BCUT2D eigenvalue weighted by Gasteiger charge is -2.00. The van der Waals surface area contributed by atoms with Gasteiger partial charge in [-0.15, -0.1) is 0 Å². The summed E-state index contributed by atoms with van der Waals surface area (Å²) in [6.07, 6.45) is 1.72. The van der Waals surface area contributed by atoms with Gasteiger partial charge in [-0.3, -0.25) is 0 Å². The van der Waals surface area contributed by atoms with E-state index in [4.69, 9.17) is 5.73 Å². The topological polar surface area (TPSA) is 64.7 Å². The third-order valence-electron chi connectivity index (χ3n) is 2.27. The molecule has 0 saturated heterocycles. The molecule has 0 aliphatic carbocycles. The Bertz CT molecular complexity index is 648. The molecule has 72 valence electrons. The number of aromatic nitrogens is 3. The van der Waals surface area contributed by atoms with Gasteiger partial charge in [0.2, 0.25) is 0 Å². The fraction of sp³-hybridized carbons (Fsp3) is 0. The van der Waals surface area contributed by atoms with Gasteiger partial charge in [0.1, 0.15) is 5.82 Å². The highest BCUT2D eigenvalue weighted by atomic mass is 14.9. The van der Waals surface area contributed by atoms with Crippen LogP contribution in [-0.4, -0.2) is 15.0 Å². The number of fused-ring (bicyclic) bond motifs is 2. The molecule has 2 N–H and O–H groups in total. The minimum absolute atomic E-state index is 0.477. The Morgan fingerprint density at radius 2 is 1.80 bits per heavy atom. The Kier molecular flexibility index (Phi) is 1.56. The van der Waals surface area contributed by atoms with Crippen LogP contribution in [-0.2, 0) is 0 Å². The van der Waals surface area contributed by atoms with Gasteiger partial charge >= 0.3 is 0 Å². The summed E-state index contributed by atoms with van der Waals surface area (Å²) in [5.74, 6) is 0.477. The Labute approximate surface area is 85.8 Å². The van der Waals surface area contributed by atoms with Gasteiger partial charge in [-0.2, -0.15) is 0 Å². The summed E-state index contributed by atoms with van der Waals surface area (Å²) in [7, 11) is 0. The summed E-state index contributed by atoms with van der Waals surface area (Å²) in [5.41, 5.74) is 6.93. The molecular weight excluding hydrogens is 188 g/mol. The normalized spacial score (nSPS) is 10.9. The minimum Gasteiger partial charge on any atom is -0.384 e. The largest absolute Gasteiger partial charge is 0.384 e. The van der Waals surface area contributed by atoms with Crippen LogP contribution < -0.4 is 5.73 Å². The van der Waals surface area contributed by atoms with Gasteiger partial charge < -0.3 is 5.73 Å². The quantitative estimate of drug-likeness (QED) is 0.556. The fourth-order valence-electron chi connectivity index (χ4n) is 1.56. The zero-order chi connectivity index (χ0) is 10.3. The van der Waals surface area contributed by atoms with Crippen molar-refractivity contribution in [2.45, 2.75) is 0 Å². The second kappa shape index (κ2) is 2.88. The van der Waals surface area contributed by atoms with Gasteiger partial charge in [-0.25, -0.2) is 15.0 Å². The molecule has 0 bridgehead atoms. The van der Waals surface area contributed by atoms with Crippen molar-refractivity contribution in [2.75, 3.05) is 5.73 Å². The van der Waals surface area contributed by atoms with E-state index in [1.165, 1.54) is 0 Å². The summed E-state index contributed by atoms with van der Waals surface area (Å²) >= 11 is 0. The van der Waals surface area contributed by atoms with Crippen LogP contribution in [0.3, 0.4) is 0 Å². The summed E-state index contributed by atoms with van der Waals surface area (Å²) in [6.45, 7) is 0. The van der Waals surface area contributed by atoms with E-state index in [1.54, 1.807) is 12.3 Å². The number of hydrogen-bond donors (Lipinski definition) is 1. The molecule has 0 spiro atoms. The molecule has 0 fully saturated rings. The van der Waals surface area contributed by atoms with E-state index in [2.05, 4.69) is 15.0 Å². The molecule has 4 heteroatoms. The summed E-state index contributed by atoms with van der Waals surface area (Å²) in [4.78, 5) is 12.7. The van der Waals surface area contributed by atoms with Crippen molar-refractivity contribution in [3.63, 3.8) is 0 Å². The van der Waals surface area contributed by atoms with Gasteiger partial charge in [0.15, 0.2) is 11.3 Å². The number of pyridine rings is 3. The summed E-state index contributed by atoms with van der Waals surface area (Å²) < 4.78 is 0. The first-order chi connectivity index (χ1) is 7.33. The minimum atomic E-state index is 0.477. The zero-order valence-electron chi connectivity index (χ0n) is 7.88. The van der Waals surface area contributed by atoms with Gasteiger partial charge in [0.05, 0.1) is 0 Å². The van der Waals surface area contributed by atoms with Crippen LogP contribution in [0.5, 0.6) is 0 Å². The van der Waals surface area contributed by atoms with Crippen molar-refractivity contribution in [2.24, 2.45) is 0 Å². The van der Waals surface area contributed by atoms with E-state index in [9.17, 15) is 0 Å². The van der Waals surface area contributed by atoms with Crippen LogP contribution >= 0.6 is 0 Å². The molecule has 4 nitrogen and oxygen atoms in total. The molecule has 0 aliphatic rings. The van der Waals surface area contributed by atoms with E-state index in [1.807, 2.05) is 24.3 Å². The van der Waals surface area contributed by atoms with Gasteiger partial charge in [0, 0.05) is 17.0 Å². The number of nitrogens with two attached hydrogens (primary N) is 1. The first kappa shape index (κ1) is 8.11. The third kappa shape index (κ3) is 1.27. The van der Waals surface area contributed by atoms with Crippen LogP contribution in [0.25, 0.3) is 22.1 Å². The Balaban J connectivity index is 2.47. The Hall–Kier alpha value is -2.23. The zero-order valence-corrected chi connectivity index (χ0v) is 7.88. The maximum Gasteiger partial charge on any atom is 0.163 e. The van der Waals surface area contributed by atoms with Crippen molar-refractivity contribution in [3.05, 3.63) is 36.5 Å². The predicted octanol–water partition coefficient (Wildman–Crippen LogP) is 1.76. The van der Waals surface area contributed by atoms with Gasteiger partial charge in [-0.05, 0) is 30.3 Å². The van der Waals surface area contributed by atoms with Gasteiger partial charge in [0.25, 0.3) is 0 Å². The molecule has 3 heterocycles. The van der Waals surface area contributed by atoms with Crippen LogP contribution in [0.4, 0.5) is 5.82 Å². The van der Waals surface area contributed by atoms with E-state index < -0.39 is 0 Å². The standard InChI is InChI=1S/C11H8N4/c12-9-4-3-8-6-7-2-1-5-13-10(7)15-11(8)14-9/h1-6H,(H2,12,13,14,15). The van der Waals surface area contributed by atoms with E-state index in [0.29, 0.717) is 17.1 Å². The van der Waals surface area contributed by atoms with E-state index >= 15 is 0 Å². The number of nitrogen functional groups attached to an aromatic ring is 1. The van der Waals surface area contributed by atoms with Gasteiger partial charge in [-0.1, -0.05) is 0 Å². The molecule has 0 unspecified atom stereocenters. The molecule has 0 aliphatic heterocycles. The molecule has 0 radical (unpaired) electrons. The molecule has 0 aromatic carbocycles. The molecule has 15 heavy (non-hydrogen) atoms. The molecule has 3 rings (SSSR count). The fourth-order valence-corrected chi connectivity index (χ4v) is 1.56. The SMILES string of the molecule is Nc1ccc2cc3cccnc3nc2n1. The highest BCUT2D eigenvalue weighted by Gasteiger charge is 2.01. The lowest BCUT2D eigenvalue weighted by atomic mass is 10.2. The molecule has 0 saturated carbocycles. The third-order valence-corrected chi connectivity index (χ3v) is 2.27. The second-order valence-electron chi connectivity index (χ2n) is 3.32. The average molecular weight is 196 g/mol. The smallest absolute Gasteiger partial charge is 0.163 e. The average Bonchev–Trinajstić information content (AvgIpc) is 2.26. The highest BCUT2D eigenvalue weighted by Crippen LogP contribution is 2.17. The molecule has 0 atom stereocenters. The number of rotatable bonds is 0. The molecule has 3 aromatic heterocycles. The number of anilines is 1. The van der Waals surface area contributed by atoms with Crippen molar-refractivity contribution in [3.8, 4) is 0 Å². The van der Waals surface area contributed by atoms with Crippen molar-refractivity contribution >= 4 is 27.9 Å². The van der Waals surface area contributed by atoms with Crippen LogP contribution in [0.1, 0.15) is 0 Å². The predicted molar refractivity (Wildman–Crippen MR) is 59.3 cm³/mol. The van der Waals surface area contributed by atoms with Crippen LogP contribution in [0, 0.1) is 0 Å². The van der Waals surface area contributed by atoms with Crippen LogP contribution in [0.15, 0.2) is 36.5 Å².